The van der Waals surface area contributed by atoms with Gasteiger partial charge in [0.15, 0.2) is 5.78 Å². The van der Waals surface area contributed by atoms with Crippen molar-refractivity contribution in [2.75, 3.05) is 14.2 Å². The number of nitrogens with zero attached hydrogens (tertiary/aromatic N) is 2. The van der Waals surface area contributed by atoms with Gasteiger partial charge in [-0.25, -0.2) is 4.39 Å². The van der Waals surface area contributed by atoms with Crippen molar-refractivity contribution in [1.82, 2.24) is 9.47 Å². The SMILES string of the molecule is CCC(C)C(=O)c1cn(Cc2ccccc2F)c2sc(-c3ccc(OC)cc3)c(CN(C)Cc3ccccc3)c2c1=O.Cl. The summed E-state index contributed by atoms with van der Waals surface area (Å²) in [5, 5.41) is 0.524. The Bertz CT molecular complexity index is 1770. The van der Waals surface area contributed by atoms with E-state index in [-0.39, 0.29) is 47.5 Å². The van der Waals surface area contributed by atoms with Crippen molar-refractivity contribution < 1.29 is 13.9 Å². The second-order valence-corrected chi connectivity index (χ2v) is 11.7. The molecule has 43 heavy (non-hydrogen) atoms. The van der Waals surface area contributed by atoms with E-state index in [1.165, 1.54) is 17.4 Å². The third-order valence-corrected chi connectivity index (χ3v) is 9.02. The van der Waals surface area contributed by atoms with Crippen LogP contribution in [0.3, 0.4) is 0 Å². The van der Waals surface area contributed by atoms with Crippen LogP contribution in [-0.2, 0) is 19.6 Å². The maximum absolute atomic E-state index is 14.8. The molecule has 0 bridgehead atoms. The fraction of sp³-hybridized carbons (Fsp3) is 0.257. The van der Waals surface area contributed by atoms with Gasteiger partial charge < -0.3 is 9.30 Å². The maximum Gasteiger partial charge on any atom is 0.201 e. The first-order chi connectivity index (χ1) is 20.3. The number of ketones is 1. The number of thiophene rings is 1. The molecule has 1 unspecified atom stereocenters. The summed E-state index contributed by atoms with van der Waals surface area (Å²) >= 11 is 1.50. The Labute approximate surface area is 262 Å². The molecule has 0 aliphatic heterocycles. The van der Waals surface area contributed by atoms with E-state index in [0.29, 0.717) is 30.5 Å². The van der Waals surface area contributed by atoms with Crippen LogP contribution >= 0.6 is 23.7 Å². The van der Waals surface area contributed by atoms with E-state index in [9.17, 15) is 14.0 Å². The number of rotatable bonds is 11. The van der Waals surface area contributed by atoms with Gasteiger partial charge in [0.25, 0.3) is 0 Å². The Hall–Kier alpha value is -3.78. The van der Waals surface area contributed by atoms with E-state index in [1.54, 1.807) is 31.5 Å². The lowest BCUT2D eigenvalue weighted by Crippen LogP contribution is -2.24. The van der Waals surface area contributed by atoms with E-state index >= 15 is 0 Å². The fourth-order valence-electron chi connectivity index (χ4n) is 5.20. The summed E-state index contributed by atoms with van der Waals surface area (Å²) in [5.41, 5.74) is 3.36. The number of ether oxygens (including phenoxy) is 1. The molecule has 2 heterocycles. The van der Waals surface area contributed by atoms with E-state index < -0.39 is 0 Å². The first-order valence-corrected chi connectivity index (χ1v) is 15.0. The molecule has 0 fully saturated rings. The zero-order valence-corrected chi connectivity index (χ0v) is 26.4. The third-order valence-electron chi connectivity index (χ3n) is 7.71. The van der Waals surface area contributed by atoms with E-state index in [4.69, 9.17) is 4.74 Å². The summed E-state index contributed by atoms with van der Waals surface area (Å²) in [4.78, 5) is 31.6. The van der Waals surface area contributed by atoms with Gasteiger partial charge in [-0.3, -0.25) is 14.5 Å². The predicted molar refractivity (Wildman–Crippen MR) is 176 cm³/mol. The zero-order valence-electron chi connectivity index (χ0n) is 24.8. The van der Waals surface area contributed by atoms with E-state index in [1.807, 2.05) is 67.9 Å². The molecule has 5 rings (SSSR count). The normalized spacial score (nSPS) is 11.9. The van der Waals surface area contributed by atoms with Crippen LogP contribution in [0.2, 0.25) is 0 Å². The first-order valence-electron chi connectivity index (χ1n) is 14.1. The molecule has 0 saturated carbocycles. The van der Waals surface area contributed by atoms with Crippen LogP contribution in [0.5, 0.6) is 5.75 Å². The molecule has 0 spiro atoms. The molecule has 0 saturated heterocycles. The van der Waals surface area contributed by atoms with Crippen molar-refractivity contribution in [3.63, 3.8) is 0 Å². The molecule has 0 N–H and O–H groups in total. The average Bonchev–Trinajstić information content (AvgIpc) is 3.38. The number of Topliss-reactive ketones (excluding diaryl/α,β-unsaturated/α-hetero) is 1. The van der Waals surface area contributed by atoms with E-state index in [0.717, 1.165) is 32.1 Å². The Morgan fingerprint density at radius 2 is 1.67 bits per heavy atom. The molecule has 2 aromatic heterocycles. The number of pyridine rings is 1. The monoisotopic (exact) mass is 618 g/mol. The Kier molecular flexibility index (Phi) is 10.6. The molecule has 5 nitrogen and oxygen atoms in total. The van der Waals surface area contributed by atoms with Crippen LogP contribution in [0.15, 0.2) is 89.9 Å². The Balaban J connectivity index is 0.00000423. The van der Waals surface area contributed by atoms with Crippen molar-refractivity contribution in [1.29, 1.82) is 0 Å². The third kappa shape index (κ3) is 6.90. The van der Waals surface area contributed by atoms with Gasteiger partial charge in [-0.15, -0.1) is 23.7 Å². The number of halogens is 2. The first kappa shape index (κ1) is 32.1. The largest absolute Gasteiger partial charge is 0.497 e. The molecule has 5 aromatic rings. The number of hydrogen-bond donors (Lipinski definition) is 0. The topological polar surface area (TPSA) is 51.5 Å². The van der Waals surface area contributed by atoms with Gasteiger partial charge in [0.05, 0.1) is 24.6 Å². The number of benzene rings is 3. The van der Waals surface area contributed by atoms with Gasteiger partial charge in [-0.2, -0.15) is 0 Å². The minimum atomic E-state index is -0.325. The number of methoxy groups -OCH3 is 1. The minimum Gasteiger partial charge on any atom is -0.497 e. The molecule has 0 amide bonds. The van der Waals surface area contributed by atoms with Crippen LogP contribution in [-0.4, -0.2) is 29.4 Å². The molecule has 0 aliphatic carbocycles. The van der Waals surface area contributed by atoms with Gasteiger partial charge >= 0.3 is 0 Å². The lowest BCUT2D eigenvalue weighted by Gasteiger charge is -2.18. The maximum atomic E-state index is 14.8. The zero-order chi connectivity index (χ0) is 29.8. The van der Waals surface area contributed by atoms with Gasteiger partial charge in [0, 0.05) is 35.6 Å². The molecular formula is C35H36ClFN2O3S. The van der Waals surface area contributed by atoms with Crippen molar-refractivity contribution in [3.8, 4) is 16.2 Å². The van der Waals surface area contributed by atoms with Crippen LogP contribution in [0.25, 0.3) is 20.7 Å². The van der Waals surface area contributed by atoms with Crippen molar-refractivity contribution in [2.45, 2.75) is 39.9 Å². The number of carbonyl (C=O) groups is 1. The molecule has 8 heteroatoms. The lowest BCUT2D eigenvalue weighted by atomic mass is 9.96. The highest BCUT2D eigenvalue weighted by molar-refractivity contribution is 7.22. The van der Waals surface area contributed by atoms with Crippen LogP contribution in [0, 0.1) is 11.7 Å². The Morgan fingerprint density at radius 3 is 2.33 bits per heavy atom. The average molecular weight is 619 g/mol. The summed E-state index contributed by atoms with van der Waals surface area (Å²) in [6, 6.07) is 24.6. The summed E-state index contributed by atoms with van der Waals surface area (Å²) in [6.07, 6.45) is 2.26. The molecule has 1 atom stereocenters. The Morgan fingerprint density at radius 1 is 1.00 bits per heavy atom. The molecule has 3 aromatic carbocycles. The summed E-state index contributed by atoms with van der Waals surface area (Å²) in [5.74, 6) is -0.0782. The number of carbonyl (C=O) groups excluding carboxylic acids is 1. The number of hydrogen-bond acceptors (Lipinski definition) is 5. The van der Waals surface area contributed by atoms with Crippen LogP contribution in [0.4, 0.5) is 4.39 Å². The lowest BCUT2D eigenvalue weighted by molar-refractivity contribution is 0.0925. The highest BCUT2D eigenvalue weighted by Gasteiger charge is 2.26. The summed E-state index contributed by atoms with van der Waals surface area (Å²) in [7, 11) is 3.66. The van der Waals surface area contributed by atoms with Gasteiger partial charge in [-0.05, 0) is 60.5 Å². The van der Waals surface area contributed by atoms with Gasteiger partial charge in [0.2, 0.25) is 5.43 Å². The van der Waals surface area contributed by atoms with E-state index in [2.05, 4.69) is 17.0 Å². The number of fused-ring (bicyclic) bond motifs is 1. The molecule has 224 valence electrons. The van der Waals surface area contributed by atoms with Crippen molar-refractivity contribution >= 4 is 39.7 Å². The second-order valence-electron chi connectivity index (χ2n) is 10.7. The summed E-state index contributed by atoms with van der Waals surface area (Å²) in [6.45, 7) is 5.17. The summed E-state index contributed by atoms with van der Waals surface area (Å²) < 4.78 is 22.1. The second kappa shape index (κ2) is 14.1. The standard InChI is InChI=1S/C35H35FN2O3S.ClH/c1-5-23(2)32(39)29-22-38(20-26-13-9-10-14-30(26)36)35-31(33(29)40)28(21-37(3)19-24-11-7-6-8-12-24)34(42-35)25-15-17-27(41-4)18-16-25;/h6-18,22-23H,5,19-21H2,1-4H3;1H. The minimum absolute atomic E-state index is 0. The fourth-order valence-corrected chi connectivity index (χ4v) is 6.49. The predicted octanol–water partition coefficient (Wildman–Crippen LogP) is 8.21. The quantitative estimate of drug-likeness (QED) is 0.140. The number of aromatic nitrogens is 1. The molecular weight excluding hydrogens is 583 g/mol. The molecule has 0 aliphatic rings. The highest BCUT2D eigenvalue weighted by Crippen LogP contribution is 2.39. The van der Waals surface area contributed by atoms with Crippen LogP contribution < -0.4 is 10.2 Å². The molecule has 0 radical (unpaired) electrons. The van der Waals surface area contributed by atoms with Gasteiger partial charge in [0.1, 0.15) is 16.4 Å². The highest BCUT2D eigenvalue weighted by atomic mass is 35.5. The smallest absolute Gasteiger partial charge is 0.201 e. The van der Waals surface area contributed by atoms with Crippen molar-refractivity contribution in [3.05, 3.63) is 123 Å². The van der Waals surface area contributed by atoms with Crippen LogP contribution in [0.1, 0.15) is 47.3 Å². The van der Waals surface area contributed by atoms with Gasteiger partial charge in [-0.1, -0.05) is 62.4 Å². The van der Waals surface area contributed by atoms with Crippen molar-refractivity contribution in [2.24, 2.45) is 5.92 Å².